The molecule has 0 aromatic heterocycles. The Morgan fingerprint density at radius 1 is 0.969 bits per heavy atom. The summed E-state index contributed by atoms with van der Waals surface area (Å²) in [4.78, 5) is 25.4. The summed E-state index contributed by atoms with van der Waals surface area (Å²) in [6.45, 7) is 5.50. The summed E-state index contributed by atoms with van der Waals surface area (Å²) in [5, 5.41) is 8.01. The van der Waals surface area contributed by atoms with Gasteiger partial charge < -0.3 is 18.9 Å². The molecule has 1 amide bonds. The molecule has 0 saturated heterocycles. The maximum Gasteiger partial charge on any atom is 0.276 e. The highest BCUT2D eigenvalue weighted by molar-refractivity contribution is 6.39. The van der Waals surface area contributed by atoms with Gasteiger partial charge in [0.15, 0.2) is 17.3 Å². The predicted octanol–water partition coefficient (Wildman–Crippen LogP) is 4.73. The van der Waals surface area contributed by atoms with Gasteiger partial charge in [0, 0.05) is 11.8 Å². The van der Waals surface area contributed by atoms with E-state index < -0.39 is 17.7 Å². The van der Waals surface area contributed by atoms with Crippen molar-refractivity contribution >= 4 is 34.8 Å². The van der Waals surface area contributed by atoms with Gasteiger partial charge in [-0.1, -0.05) is 12.1 Å². The van der Waals surface area contributed by atoms with Gasteiger partial charge in [-0.2, -0.15) is 10.2 Å². The molecule has 0 aliphatic heterocycles. The van der Waals surface area contributed by atoms with E-state index in [1.54, 1.807) is 50.2 Å². The van der Waals surface area contributed by atoms with Crippen molar-refractivity contribution in [2.45, 2.75) is 26.8 Å². The van der Waals surface area contributed by atoms with Crippen LogP contribution in [0.5, 0.6) is 23.0 Å². The largest absolute Gasteiger partial charge is 0.493 e. The second-order valence-corrected chi connectivity index (χ2v) is 6.67. The molecule has 0 saturated carbocycles. The summed E-state index contributed by atoms with van der Waals surface area (Å²) in [5.41, 5.74) is 0.472. The van der Waals surface area contributed by atoms with E-state index in [0.29, 0.717) is 36.2 Å². The summed E-state index contributed by atoms with van der Waals surface area (Å²) in [5.74, 6) is 0.0548. The normalized spacial score (nSPS) is 11.7. The summed E-state index contributed by atoms with van der Waals surface area (Å²) in [6, 6.07) is 8.50. The van der Waals surface area contributed by atoms with Crippen LogP contribution in [0.1, 0.15) is 20.8 Å². The predicted molar refractivity (Wildman–Crippen MR) is 121 cm³/mol. The third-order valence-corrected chi connectivity index (χ3v) is 4.57. The van der Waals surface area contributed by atoms with Crippen LogP contribution < -0.4 is 23.4 Å². The van der Waals surface area contributed by atoms with Crippen molar-refractivity contribution in [1.29, 1.82) is 0 Å². The molecule has 0 spiro atoms. The number of hydrogen-bond donors (Lipinski definition) is 0. The lowest BCUT2D eigenvalue weighted by Crippen LogP contribution is -2.36. The molecule has 9 nitrogen and oxygen atoms in total. The van der Waals surface area contributed by atoms with Gasteiger partial charge >= 0.3 is 0 Å². The van der Waals surface area contributed by atoms with Crippen molar-refractivity contribution in [3.8, 4) is 23.0 Å². The number of ketones is 1. The Balaban J connectivity index is 2.44. The lowest BCUT2D eigenvalue weighted by molar-refractivity contribution is -0.126. The minimum absolute atomic E-state index is 0.184. The minimum atomic E-state index is -1.49. The topological polar surface area (TPSA) is 99.0 Å². The van der Waals surface area contributed by atoms with Crippen molar-refractivity contribution in [2.75, 3.05) is 31.9 Å². The van der Waals surface area contributed by atoms with Crippen molar-refractivity contribution < 1.29 is 28.5 Å². The van der Waals surface area contributed by atoms with Gasteiger partial charge in [-0.05, 0) is 45.0 Å². The Hall–Kier alpha value is -3.33. The fourth-order valence-corrected chi connectivity index (χ4v) is 3.09. The number of Topliss-reactive ketones (excluding diaryl/α,β-unsaturated/α-hetero) is 1. The van der Waals surface area contributed by atoms with Crippen LogP contribution in [0, 0.1) is 0 Å². The Labute approximate surface area is 192 Å². The quantitative estimate of drug-likeness (QED) is 0.271. The van der Waals surface area contributed by atoms with E-state index in [2.05, 4.69) is 10.2 Å². The molecule has 32 heavy (non-hydrogen) atoms. The van der Waals surface area contributed by atoms with Crippen LogP contribution in [0.3, 0.4) is 0 Å². The van der Waals surface area contributed by atoms with Crippen LogP contribution in [-0.4, -0.2) is 45.2 Å². The van der Waals surface area contributed by atoms with Gasteiger partial charge in [-0.15, -0.1) is 0 Å². The van der Waals surface area contributed by atoms with E-state index in [-0.39, 0.29) is 11.4 Å². The second kappa shape index (κ2) is 11.9. The van der Waals surface area contributed by atoms with Gasteiger partial charge in [0.05, 0.1) is 27.4 Å². The molecule has 0 aliphatic carbocycles. The molecule has 0 aliphatic rings. The van der Waals surface area contributed by atoms with Gasteiger partial charge in [-0.3, -0.25) is 9.59 Å². The number of anilines is 1. The average molecular weight is 464 g/mol. The highest BCUT2D eigenvalue weighted by Crippen LogP contribution is 2.40. The van der Waals surface area contributed by atoms with Gasteiger partial charge in [0.2, 0.25) is 6.04 Å². The van der Waals surface area contributed by atoms with E-state index in [1.807, 2.05) is 0 Å². The first-order valence-electron chi connectivity index (χ1n) is 9.90. The van der Waals surface area contributed by atoms with Gasteiger partial charge in [0.1, 0.15) is 22.9 Å². The van der Waals surface area contributed by atoms with Crippen LogP contribution in [0.15, 0.2) is 46.6 Å². The third kappa shape index (κ3) is 5.67. The number of benzene rings is 2. The molecule has 10 heteroatoms. The summed E-state index contributed by atoms with van der Waals surface area (Å²) >= 11 is 6.39. The number of rotatable bonds is 11. The van der Waals surface area contributed by atoms with E-state index in [1.165, 1.54) is 21.1 Å². The first-order valence-corrected chi connectivity index (χ1v) is 10.2. The molecule has 2 rings (SSSR count). The van der Waals surface area contributed by atoms with Crippen LogP contribution in [0.4, 0.5) is 11.4 Å². The molecule has 0 fully saturated rings. The van der Waals surface area contributed by atoms with Crippen LogP contribution in [0.25, 0.3) is 0 Å². The summed E-state index contributed by atoms with van der Waals surface area (Å²) < 4.78 is 22.5. The van der Waals surface area contributed by atoms with E-state index in [9.17, 15) is 9.59 Å². The Morgan fingerprint density at radius 2 is 1.53 bits per heavy atom. The van der Waals surface area contributed by atoms with Crippen LogP contribution in [-0.2, 0) is 9.59 Å². The fourth-order valence-electron chi connectivity index (χ4n) is 2.83. The number of carbonyl (C=O) groups excluding carboxylic acids is 2. The first kappa shape index (κ1) is 24.9. The van der Waals surface area contributed by atoms with Crippen molar-refractivity contribution in [2.24, 2.45) is 10.2 Å². The number of amides is 1. The number of azo groups is 1. The molecule has 1 unspecified atom stereocenters. The molecule has 172 valence electrons. The van der Waals surface area contributed by atoms with Gasteiger partial charge in [-0.25, -0.2) is 4.42 Å². The van der Waals surface area contributed by atoms with Crippen molar-refractivity contribution in [3.63, 3.8) is 0 Å². The van der Waals surface area contributed by atoms with E-state index in [4.69, 9.17) is 30.7 Å². The maximum absolute atomic E-state index is 13.1. The van der Waals surface area contributed by atoms with Crippen LogP contribution in [0.2, 0.25) is 0 Å². The first-order chi connectivity index (χ1) is 15.4. The Morgan fingerprint density at radius 3 is 2.03 bits per heavy atom. The Kier molecular flexibility index (Phi) is 9.27. The zero-order chi connectivity index (χ0) is 23.7. The molecule has 2 aromatic rings. The molecular weight excluding hydrogens is 438 g/mol. The highest BCUT2D eigenvalue weighted by atomic mass is 35.5. The van der Waals surface area contributed by atoms with Crippen LogP contribution >= 0.6 is 11.8 Å². The Bertz CT molecular complexity index is 958. The molecule has 0 bridgehead atoms. The van der Waals surface area contributed by atoms with Crippen molar-refractivity contribution in [1.82, 2.24) is 0 Å². The zero-order valence-electron chi connectivity index (χ0n) is 18.6. The number of carbonyl (C=O) groups is 2. The molecular formula is C22H26ClN3O6. The number of hydrogen-bond acceptors (Lipinski definition) is 8. The number of nitrogens with zero attached hydrogens (tertiary/aromatic N) is 3. The van der Waals surface area contributed by atoms with E-state index in [0.717, 1.165) is 4.42 Å². The van der Waals surface area contributed by atoms with Gasteiger partial charge in [0.25, 0.3) is 5.91 Å². The summed E-state index contributed by atoms with van der Waals surface area (Å²) in [6.07, 6.45) is 0. The number of para-hydroxylation sites is 2. The maximum atomic E-state index is 13.1. The molecule has 0 heterocycles. The molecule has 0 radical (unpaired) electrons. The highest BCUT2D eigenvalue weighted by Gasteiger charge is 2.32. The smallest absolute Gasteiger partial charge is 0.276 e. The molecule has 2 aromatic carbocycles. The summed E-state index contributed by atoms with van der Waals surface area (Å²) in [7, 11) is 2.93. The fraction of sp³-hybridized carbons (Fsp3) is 0.364. The molecule has 1 atom stereocenters. The SMILES string of the molecule is CCOc1cccc(OCC)c1N(Cl)C(=O)C(N=Nc1cccc(OC)c1OC)C(C)=O. The number of halogens is 1. The second-order valence-electron chi connectivity index (χ2n) is 6.33. The van der Waals surface area contributed by atoms with E-state index >= 15 is 0 Å². The lowest BCUT2D eigenvalue weighted by atomic mass is 10.2. The monoisotopic (exact) mass is 463 g/mol. The third-order valence-electron chi connectivity index (χ3n) is 4.23. The average Bonchev–Trinajstić information content (AvgIpc) is 2.78. The van der Waals surface area contributed by atoms with Crippen molar-refractivity contribution in [3.05, 3.63) is 36.4 Å². The zero-order valence-corrected chi connectivity index (χ0v) is 19.4. The standard InChI is InChI=1S/C22H26ClN3O6/c1-6-31-16-11-9-12-17(32-7-2)20(16)26(23)22(28)19(14(3)27)25-24-15-10-8-13-18(29-4)21(15)30-5/h8-13,19H,6-7H2,1-5H3. The molecule has 0 N–H and O–H groups in total. The minimum Gasteiger partial charge on any atom is -0.493 e. The number of methoxy groups -OCH3 is 2. The lowest BCUT2D eigenvalue weighted by Gasteiger charge is -2.22. The number of ether oxygens (including phenoxy) is 4.